The summed E-state index contributed by atoms with van der Waals surface area (Å²) in [4.78, 5) is 7.11. The van der Waals surface area contributed by atoms with E-state index in [0.717, 1.165) is 11.4 Å². The van der Waals surface area contributed by atoms with Crippen LogP contribution in [0.3, 0.4) is 0 Å². The Labute approximate surface area is 98.7 Å². The molecule has 1 aromatic carbocycles. The number of aromatic amines is 1. The highest BCUT2D eigenvalue weighted by Crippen LogP contribution is 2.19. The van der Waals surface area contributed by atoms with E-state index in [-0.39, 0.29) is 0 Å². The van der Waals surface area contributed by atoms with Gasteiger partial charge in [-0.05, 0) is 31.2 Å². The number of aromatic nitrogens is 2. The fourth-order valence-electron chi connectivity index (χ4n) is 1.35. The van der Waals surface area contributed by atoms with Crippen molar-refractivity contribution in [2.24, 2.45) is 0 Å². The van der Waals surface area contributed by atoms with Crippen molar-refractivity contribution in [3.8, 4) is 17.1 Å². The first-order chi connectivity index (χ1) is 8.16. The van der Waals surface area contributed by atoms with Crippen LogP contribution in [-0.4, -0.2) is 32.6 Å². The summed E-state index contributed by atoms with van der Waals surface area (Å²) in [6.45, 7) is 1.46. The van der Waals surface area contributed by atoms with Crippen molar-refractivity contribution in [3.63, 3.8) is 0 Å². The van der Waals surface area contributed by atoms with Gasteiger partial charge in [-0.3, -0.25) is 0 Å². The lowest BCUT2D eigenvalue weighted by atomic mass is 10.2. The SMILES string of the molecule is CC(O)C(O)Oc1ccc(-c2ncc[nH]2)cc1. The molecule has 2 rings (SSSR count). The third-order valence-corrected chi connectivity index (χ3v) is 2.30. The summed E-state index contributed by atoms with van der Waals surface area (Å²) in [5, 5.41) is 18.4. The molecule has 0 radical (unpaired) electrons. The quantitative estimate of drug-likeness (QED) is 0.693. The highest BCUT2D eigenvalue weighted by molar-refractivity contribution is 5.55. The van der Waals surface area contributed by atoms with Crippen molar-refractivity contribution in [2.45, 2.75) is 19.3 Å². The number of hydrogen-bond acceptors (Lipinski definition) is 4. The summed E-state index contributed by atoms with van der Waals surface area (Å²) in [5.41, 5.74) is 0.925. The number of ether oxygens (including phenoxy) is 1. The summed E-state index contributed by atoms with van der Waals surface area (Å²) < 4.78 is 5.12. The number of imidazole rings is 1. The van der Waals surface area contributed by atoms with Crippen LogP contribution in [0.2, 0.25) is 0 Å². The second-order valence-electron chi connectivity index (χ2n) is 3.71. The first-order valence-electron chi connectivity index (χ1n) is 5.29. The van der Waals surface area contributed by atoms with E-state index in [1.165, 1.54) is 6.92 Å². The number of nitrogens with zero attached hydrogens (tertiary/aromatic N) is 1. The highest BCUT2D eigenvalue weighted by atomic mass is 16.6. The maximum absolute atomic E-state index is 9.34. The molecule has 0 saturated carbocycles. The van der Waals surface area contributed by atoms with Gasteiger partial charge in [-0.1, -0.05) is 0 Å². The number of benzene rings is 1. The Balaban J connectivity index is 2.08. The normalized spacial score (nSPS) is 14.3. The number of nitrogens with one attached hydrogen (secondary N) is 1. The summed E-state index contributed by atoms with van der Waals surface area (Å²) in [6, 6.07) is 7.07. The fraction of sp³-hybridized carbons (Fsp3) is 0.250. The second kappa shape index (κ2) is 4.99. The van der Waals surface area contributed by atoms with E-state index in [9.17, 15) is 5.11 Å². The Morgan fingerprint density at radius 1 is 1.24 bits per heavy atom. The Kier molecular flexibility index (Phi) is 3.41. The summed E-state index contributed by atoms with van der Waals surface area (Å²) >= 11 is 0. The van der Waals surface area contributed by atoms with Crippen molar-refractivity contribution in [2.75, 3.05) is 0 Å². The third-order valence-electron chi connectivity index (χ3n) is 2.30. The van der Waals surface area contributed by atoms with Gasteiger partial charge < -0.3 is 19.9 Å². The van der Waals surface area contributed by atoms with Gasteiger partial charge in [0.15, 0.2) is 0 Å². The fourth-order valence-corrected chi connectivity index (χ4v) is 1.35. The van der Waals surface area contributed by atoms with Crippen LogP contribution < -0.4 is 4.74 Å². The highest BCUT2D eigenvalue weighted by Gasteiger charge is 2.12. The minimum Gasteiger partial charge on any atom is -0.462 e. The molecule has 90 valence electrons. The van der Waals surface area contributed by atoms with Crippen molar-refractivity contribution in [1.29, 1.82) is 0 Å². The Morgan fingerprint density at radius 3 is 2.47 bits per heavy atom. The van der Waals surface area contributed by atoms with Gasteiger partial charge in [0.2, 0.25) is 6.29 Å². The van der Waals surface area contributed by atoms with Crippen molar-refractivity contribution < 1.29 is 14.9 Å². The maximum Gasteiger partial charge on any atom is 0.223 e. The van der Waals surface area contributed by atoms with Crippen LogP contribution in [0.25, 0.3) is 11.4 Å². The van der Waals surface area contributed by atoms with Crippen LogP contribution >= 0.6 is 0 Å². The summed E-state index contributed by atoms with van der Waals surface area (Å²) in [6.07, 6.45) is 1.28. The largest absolute Gasteiger partial charge is 0.462 e. The molecule has 5 nitrogen and oxygen atoms in total. The van der Waals surface area contributed by atoms with Crippen LogP contribution in [0.15, 0.2) is 36.7 Å². The molecule has 17 heavy (non-hydrogen) atoms. The molecule has 0 aliphatic rings. The number of hydrogen-bond donors (Lipinski definition) is 3. The standard InChI is InChI=1S/C12H14N2O3/c1-8(15)12(16)17-10-4-2-9(3-5-10)11-13-6-7-14-11/h2-8,12,15-16H,1H3,(H,13,14). The average molecular weight is 234 g/mol. The molecule has 0 amide bonds. The average Bonchev–Trinajstić information content (AvgIpc) is 2.83. The van der Waals surface area contributed by atoms with Gasteiger partial charge in [0, 0.05) is 18.0 Å². The van der Waals surface area contributed by atoms with Crippen LogP contribution in [0, 0.1) is 0 Å². The second-order valence-corrected chi connectivity index (χ2v) is 3.71. The minimum atomic E-state index is -1.22. The molecule has 0 aliphatic carbocycles. The Hall–Kier alpha value is -1.85. The molecule has 0 spiro atoms. The topological polar surface area (TPSA) is 78.4 Å². The predicted octanol–water partition coefficient (Wildman–Crippen LogP) is 1.15. The zero-order valence-corrected chi connectivity index (χ0v) is 9.37. The molecule has 2 aromatic rings. The third kappa shape index (κ3) is 2.83. The van der Waals surface area contributed by atoms with Gasteiger partial charge in [-0.15, -0.1) is 0 Å². The lowest BCUT2D eigenvalue weighted by Gasteiger charge is -2.15. The molecule has 2 unspecified atom stereocenters. The number of aliphatic hydroxyl groups excluding tert-OH is 2. The minimum absolute atomic E-state index is 0.494. The summed E-state index contributed by atoms with van der Waals surface area (Å²) in [5.74, 6) is 1.27. The Bertz CT molecular complexity index is 451. The zero-order valence-electron chi connectivity index (χ0n) is 9.37. The zero-order chi connectivity index (χ0) is 12.3. The molecule has 1 aromatic heterocycles. The van der Waals surface area contributed by atoms with E-state index in [2.05, 4.69) is 9.97 Å². The van der Waals surface area contributed by atoms with Gasteiger partial charge in [0.25, 0.3) is 0 Å². The van der Waals surface area contributed by atoms with Crippen molar-refractivity contribution in [1.82, 2.24) is 9.97 Å². The number of aliphatic hydroxyl groups is 2. The van der Waals surface area contributed by atoms with Gasteiger partial charge in [0.05, 0.1) is 0 Å². The lowest BCUT2D eigenvalue weighted by molar-refractivity contribution is -0.0958. The number of rotatable bonds is 4. The van der Waals surface area contributed by atoms with Crippen LogP contribution in [0.4, 0.5) is 0 Å². The lowest BCUT2D eigenvalue weighted by Crippen LogP contribution is -2.28. The van der Waals surface area contributed by atoms with Gasteiger partial charge in [-0.25, -0.2) is 4.98 Å². The molecule has 5 heteroatoms. The Morgan fingerprint density at radius 2 is 1.94 bits per heavy atom. The molecule has 0 bridgehead atoms. The molecular formula is C12H14N2O3. The molecule has 0 aliphatic heterocycles. The van der Waals surface area contributed by atoms with E-state index in [4.69, 9.17) is 9.84 Å². The summed E-state index contributed by atoms with van der Waals surface area (Å²) in [7, 11) is 0. The van der Waals surface area contributed by atoms with E-state index in [1.807, 2.05) is 12.1 Å². The van der Waals surface area contributed by atoms with E-state index < -0.39 is 12.4 Å². The molecule has 1 heterocycles. The van der Waals surface area contributed by atoms with E-state index in [1.54, 1.807) is 24.5 Å². The van der Waals surface area contributed by atoms with Crippen LogP contribution in [0.1, 0.15) is 6.92 Å². The number of H-pyrrole nitrogens is 1. The first kappa shape index (κ1) is 11.6. The van der Waals surface area contributed by atoms with Crippen LogP contribution in [-0.2, 0) is 0 Å². The molecule has 0 fully saturated rings. The van der Waals surface area contributed by atoms with Gasteiger partial charge >= 0.3 is 0 Å². The molecule has 0 saturated heterocycles. The van der Waals surface area contributed by atoms with E-state index in [0.29, 0.717) is 5.75 Å². The van der Waals surface area contributed by atoms with Gasteiger partial charge in [-0.2, -0.15) is 0 Å². The van der Waals surface area contributed by atoms with Crippen LogP contribution in [0.5, 0.6) is 5.75 Å². The smallest absolute Gasteiger partial charge is 0.223 e. The monoisotopic (exact) mass is 234 g/mol. The molecule has 3 N–H and O–H groups in total. The molecule has 2 atom stereocenters. The first-order valence-corrected chi connectivity index (χ1v) is 5.29. The van der Waals surface area contributed by atoms with Gasteiger partial charge in [0.1, 0.15) is 17.7 Å². The van der Waals surface area contributed by atoms with Crippen molar-refractivity contribution >= 4 is 0 Å². The van der Waals surface area contributed by atoms with Crippen molar-refractivity contribution in [3.05, 3.63) is 36.7 Å². The maximum atomic E-state index is 9.34. The van der Waals surface area contributed by atoms with E-state index >= 15 is 0 Å². The predicted molar refractivity (Wildman–Crippen MR) is 62.3 cm³/mol. The molecular weight excluding hydrogens is 220 g/mol.